The maximum atomic E-state index is 3.27. The third-order valence-corrected chi connectivity index (χ3v) is 1.32. The minimum absolute atomic E-state index is 0.896. The van der Waals surface area contributed by atoms with Crippen molar-refractivity contribution in [2.45, 2.75) is 32.1 Å². The van der Waals surface area contributed by atoms with Gasteiger partial charge >= 0.3 is 51.1 Å². The van der Waals surface area contributed by atoms with Crippen LogP contribution in [-0.4, -0.2) is 0 Å². The molecule has 0 spiro atoms. The second-order valence-corrected chi connectivity index (χ2v) is 25.8. The van der Waals surface area contributed by atoms with E-state index in [1.54, 1.807) is 0 Å². The van der Waals surface area contributed by atoms with Gasteiger partial charge in [-0.25, -0.2) is 0 Å². The van der Waals surface area contributed by atoms with Crippen LogP contribution in [0.1, 0.15) is 32.1 Å². The van der Waals surface area contributed by atoms with E-state index in [1.807, 2.05) is 0 Å². The summed E-state index contributed by atoms with van der Waals surface area (Å²) < 4.78 is 0. The summed E-state index contributed by atoms with van der Waals surface area (Å²) in [4.78, 5) is 0. The molecule has 1 aliphatic rings. The molecule has 1 aliphatic carbocycles. The van der Waals surface area contributed by atoms with Gasteiger partial charge in [-0.1, -0.05) is 19.3 Å². The number of halogens is 3. The molecular formula is C6H11Br3Ti. The molecule has 4 heteroatoms. The van der Waals surface area contributed by atoms with E-state index in [0.717, 1.165) is 0 Å². The van der Waals surface area contributed by atoms with E-state index in [9.17, 15) is 0 Å². The average Bonchev–Trinajstić information content (AvgIpc) is 1.90. The normalized spacial score (nSPS) is 17.1. The van der Waals surface area contributed by atoms with Gasteiger partial charge in [0.05, 0.1) is 0 Å². The first-order chi connectivity index (χ1) is 4.73. The summed E-state index contributed by atoms with van der Waals surface area (Å²) in [6, 6.07) is 0. The smallest absolute Gasteiger partial charge is 0.0582 e. The summed E-state index contributed by atoms with van der Waals surface area (Å²) in [5.74, 6) is 0. The Kier molecular flexibility index (Phi) is 11.2. The number of hydrogen-bond donors (Lipinski definition) is 0. The summed E-state index contributed by atoms with van der Waals surface area (Å²) >= 11 is 8.92. The van der Waals surface area contributed by atoms with Crippen LogP contribution in [0.2, 0.25) is 0 Å². The first-order valence-electron chi connectivity index (χ1n) is 3.38. The van der Waals surface area contributed by atoms with Crippen molar-refractivity contribution in [1.82, 2.24) is 0 Å². The van der Waals surface area contributed by atoms with Crippen molar-refractivity contribution in [3.63, 3.8) is 0 Å². The molecule has 0 amide bonds. The van der Waals surface area contributed by atoms with Crippen LogP contribution >= 0.6 is 39.5 Å². The topological polar surface area (TPSA) is 0 Å². The summed E-state index contributed by atoms with van der Waals surface area (Å²) in [7, 11) is 0. The van der Waals surface area contributed by atoms with Crippen molar-refractivity contribution in [2.75, 3.05) is 0 Å². The van der Waals surface area contributed by atoms with Gasteiger partial charge in [-0.3, -0.25) is 0 Å². The largest absolute Gasteiger partial charge is 0.328 e. The molecular weight excluding hydrogens is 360 g/mol. The molecule has 1 saturated carbocycles. The molecule has 10 heavy (non-hydrogen) atoms. The minimum atomic E-state index is -0.896. The minimum Gasteiger partial charge on any atom is -0.328 e. The predicted molar refractivity (Wildman–Crippen MR) is 54.2 cm³/mol. The Morgan fingerprint density at radius 1 is 0.900 bits per heavy atom. The molecule has 60 valence electrons. The molecule has 0 aromatic heterocycles. The van der Waals surface area contributed by atoms with Crippen molar-refractivity contribution >= 4 is 39.5 Å². The molecule has 0 N–H and O–H groups in total. The van der Waals surface area contributed by atoms with E-state index in [-0.39, 0.29) is 0 Å². The van der Waals surface area contributed by atoms with Crippen molar-refractivity contribution < 1.29 is 11.6 Å². The van der Waals surface area contributed by atoms with Gasteiger partial charge in [0.15, 0.2) is 0 Å². The van der Waals surface area contributed by atoms with E-state index in [0.29, 0.717) is 0 Å². The molecule has 0 aromatic carbocycles. The van der Waals surface area contributed by atoms with Gasteiger partial charge in [0.1, 0.15) is 0 Å². The van der Waals surface area contributed by atoms with Gasteiger partial charge in [-0.05, 0) is 0 Å². The maximum Gasteiger partial charge on any atom is -0.0582 e. The Balaban J connectivity index is 0.000000180. The average molecular weight is 371 g/mol. The van der Waals surface area contributed by atoms with E-state index >= 15 is 0 Å². The Morgan fingerprint density at radius 2 is 1.30 bits per heavy atom. The third-order valence-electron chi connectivity index (χ3n) is 1.32. The van der Waals surface area contributed by atoms with Crippen molar-refractivity contribution in [1.29, 1.82) is 0 Å². The molecule has 0 saturated heterocycles. The zero-order chi connectivity index (χ0) is 7.82. The third kappa shape index (κ3) is 12.8. The zero-order valence-electron chi connectivity index (χ0n) is 5.75. The molecule has 0 bridgehead atoms. The monoisotopic (exact) mass is 368 g/mol. The number of rotatable bonds is 0. The standard InChI is InChI=1S/C6H11.3BrH.Ti/c1-2-4-6-5-3-1;;;;/h1H,2-6H2;3*1H;/q-1;;;;+4/p-3. The van der Waals surface area contributed by atoms with E-state index in [1.165, 1.54) is 32.1 Å². The fourth-order valence-corrected chi connectivity index (χ4v) is 0.898. The van der Waals surface area contributed by atoms with Crippen molar-refractivity contribution in [3.05, 3.63) is 6.42 Å². The molecule has 0 nitrogen and oxygen atoms in total. The maximum absolute atomic E-state index is 3.27. The van der Waals surface area contributed by atoms with Crippen LogP contribution in [0.25, 0.3) is 0 Å². The van der Waals surface area contributed by atoms with Crippen molar-refractivity contribution in [2.24, 2.45) is 0 Å². The number of hydrogen-bond acceptors (Lipinski definition) is 0. The molecule has 1 rings (SSSR count). The second kappa shape index (κ2) is 9.24. The van der Waals surface area contributed by atoms with Gasteiger partial charge in [0.2, 0.25) is 0 Å². The first-order valence-corrected chi connectivity index (χ1v) is 15.0. The van der Waals surface area contributed by atoms with Crippen LogP contribution in [0.5, 0.6) is 0 Å². The van der Waals surface area contributed by atoms with Crippen molar-refractivity contribution in [3.8, 4) is 0 Å². The van der Waals surface area contributed by atoms with Crippen LogP contribution in [0.3, 0.4) is 0 Å². The summed E-state index contributed by atoms with van der Waals surface area (Å²) in [6.45, 7) is 0. The Morgan fingerprint density at radius 3 is 1.40 bits per heavy atom. The molecule has 0 heterocycles. The Labute approximate surface area is 88.5 Å². The van der Waals surface area contributed by atoms with Gasteiger partial charge in [-0.2, -0.15) is 12.8 Å². The van der Waals surface area contributed by atoms with Gasteiger partial charge in [0, 0.05) is 0 Å². The molecule has 0 aliphatic heterocycles. The molecule has 0 aromatic rings. The van der Waals surface area contributed by atoms with Crippen LogP contribution in [0, 0.1) is 6.42 Å². The fraction of sp³-hybridized carbons (Fsp3) is 0.833. The predicted octanol–water partition coefficient (Wildman–Crippen LogP) is 4.69. The first kappa shape index (κ1) is 12.2. The van der Waals surface area contributed by atoms with E-state index < -0.39 is 11.6 Å². The van der Waals surface area contributed by atoms with Crippen LogP contribution in [0.15, 0.2) is 0 Å². The van der Waals surface area contributed by atoms with E-state index in [2.05, 4.69) is 45.9 Å². The Bertz CT molecular complexity index is 49.7. The van der Waals surface area contributed by atoms with Crippen LogP contribution in [-0.2, 0) is 11.6 Å². The zero-order valence-corrected chi connectivity index (χ0v) is 12.1. The molecule has 0 radical (unpaired) electrons. The Hall–Kier alpha value is 2.15. The summed E-state index contributed by atoms with van der Waals surface area (Å²) in [5, 5.41) is 0. The van der Waals surface area contributed by atoms with E-state index in [4.69, 9.17) is 0 Å². The van der Waals surface area contributed by atoms with Gasteiger partial charge < -0.3 is 6.42 Å². The van der Waals surface area contributed by atoms with Gasteiger partial charge in [0.25, 0.3) is 0 Å². The molecule has 0 unspecified atom stereocenters. The SMILES string of the molecule is [Br][Ti+]([Br])[Br].[CH-]1CCCCC1. The quantitative estimate of drug-likeness (QED) is 0.429. The fourth-order valence-electron chi connectivity index (χ4n) is 0.898. The summed E-state index contributed by atoms with van der Waals surface area (Å²) in [6.07, 6.45) is 9.50. The van der Waals surface area contributed by atoms with Crippen LogP contribution in [0.4, 0.5) is 0 Å². The van der Waals surface area contributed by atoms with Gasteiger partial charge in [-0.15, -0.1) is 0 Å². The molecule has 0 atom stereocenters. The van der Waals surface area contributed by atoms with Crippen LogP contribution < -0.4 is 0 Å². The molecule has 1 fully saturated rings. The second-order valence-electron chi connectivity index (χ2n) is 2.14. The summed E-state index contributed by atoms with van der Waals surface area (Å²) in [5.41, 5.74) is 0.